The van der Waals surface area contributed by atoms with Crippen LogP contribution in [-0.2, 0) is 16.1 Å². The van der Waals surface area contributed by atoms with Crippen molar-refractivity contribution in [3.8, 4) is 5.75 Å². The molecule has 8 heteroatoms. The summed E-state index contributed by atoms with van der Waals surface area (Å²) in [5, 5.41) is 4.92. The van der Waals surface area contributed by atoms with Crippen molar-refractivity contribution >= 4 is 23.2 Å². The molecule has 0 aliphatic carbocycles. The molecule has 0 fully saturated rings. The normalized spacial score (nSPS) is 12.6. The number of carbonyl (C=O) groups excluding carboxylic acids is 2. The van der Waals surface area contributed by atoms with E-state index in [4.69, 9.17) is 9.47 Å². The largest absolute Gasteiger partial charge is 0.486 e. The van der Waals surface area contributed by atoms with Gasteiger partial charge in [-0.2, -0.15) is 0 Å². The molecule has 3 rings (SSSR count). The third-order valence-electron chi connectivity index (χ3n) is 4.25. The Kier molecular flexibility index (Phi) is 7.13. The van der Waals surface area contributed by atoms with Crippen LogP contribution in [0.2, 0.25) is 0 Å². The highest BCUT2D eigenvalue weighted by Gasteiger charge is 2.22. The zero-order valence-corrected chi connectivity index (χ0v) is 17.3. The van der Waals surface area contributed by atoms with Crippen LogP contribution in [0.15, 0.2) is 60.0 Å². The molecule has 3 aromatic rings. The van der Waals surface area contributed by atoms with E-state index < -0.39 is 18.0 Å². The van der Waals surface area contributed by atoms with Gasteiger partial charge in [0.1, 0.15) is 23.2 Å². The first-order valence-electron chi connectivity index (χ1n) is 9.31. The van der Waals surface area contributed by atoms with Gasteiger partial charge >= 0.3 is 5.97 Å². The Bertz CT molecular complexity index is 992. The fraction of sp³-hybridized carbons (Fsp3) is 0.227. The van der Waals surface area contributed by atoms with Crippen LogP contribution >= 0.6 is 11.3 Å². The number of halogens is 1. The molecule has 1 heterocycles. The number of nitrogens with zero attached hydrogens (tertiary/aromatic N) is 1. The molecule has 2 atom stereocenters. The van der Waals surface area contributed by atoms with Gasteiger partial charge in [0.25, 0.3) is 5.91 Å². The van der Waals surface area contributed by atoms with Gasteiger partial charge in [0.2, 0.25) is 0 Å². The first-order valence-corrected chi connectivity index (χ1v) is 10.2. The number of amides is 1. The standard InChI is InChI=1S/C22H21FN2O4S/c1-14(16-6-4-3-5-7-16)24-21(26)15(2)29-22(27)19-13-30-20(25-19)12-28-18-10-8-17(23)9-11-18/h3-11,13-15H,12H2,1-2H3,(H,24,26). The molecule has 0 aliphatic heterocycles. The van der Waals surface area contributed by atoms with E-state index in [9.17, 15) is 14.0 Å². The second-order valence-electron chi connectivity index (χ2n) is 6.56. The van der Waals surface area contributed by atoms with E-state index in [1.165, 1.54) is 42.5 Å². The highest BCUT2D eigenvalue weighted by Crippen LogP contribution is 2.17. The van der Waals surface area contributed by atoms with E-state index in [0.717, 1.165) is 5.56 Å². The Morgan fingerprint density at radius 1 is 1.10 bits per heavy atom. The monoisotopic (exact) mass is 428 g/mol. The van der Waals surface area contributed by atoms with Gasteiger partial charge in [0.15, 0.2) is 11.8 Å². The molecule has 6 nitrogen and oxygen atoms in total. The predicted octanol–water partition coefficient (Wildman–Crippen LogP) is 4.28. The first kappa shape index (κ1) is 21.4. The Hall–Kier alpha value is -3.26. The lowest BCUT2D eigenvalue weighted by Crippen LogP contribution is -2.37. The van der Waals surface area contributed by atoms with Crippen molar-refractivity contribution in [3.05, 3.63) is 82.1 Å². The minimum Gasteiger partial charge on any atom is -0.486 e. The van der Waals surface area contributed by atoms with Crippen LogP contribution in [0.25, 0.3) is 0 Å². The summed E-state index contributed by atoms with van der Waals surface area (Å²) >= 11 is 1.23. The fourth-order valence-corrected chi connectivity index (χ4v) is 3.25. The SMILES string of the molecule is CC(OC(=O)c1csc(COc2ccc(F)cc2)n1)C(=O)NC(C)c1ccccc1. The number of thiazole rings is 1. The molecule has 1 N–H and O–H groups in total. The lowest BCUT2D eigenvalue weighted by Gasteiger charge is -2.18. The van der Waals surface area contributed by atoms with Crippen molar-refractivity contribution in [1.29, 1.82) is 0 Å². The van der Waals surface area contributed by atoms with Gasteiger partial charge in [0, 0.05) is 5.38 Å². The molecule has 0 radical (unpaired) electrons. The molecule has 0 bridgehead atoms. The van der Waals surface area contributed by atoms with Gasteiger partial charge in [-0.1, -0.05) is 30.3 Å². The summed E-state index contributed by atoms with van der Waals surface area (Å²) in [4.78, 5) is 28.8. The van der Waals surface area contributed by atoms with E-state index in [1.54, 1.807) is 5.38 Å². The number of nitrogens with one attached hydrogen (secondary N) is 1. The molecule has 1 aromatic heterocycles. The third kappa shape index (κ3) is 5.87. The highest BCUT2D eigenvalue weighted by atomic mass is 32.1. The van der Waals surface area contributed by atoms with E-state index in [-0.39, 0.29) is 24.2 Å². The van der Waals surface area contributed by atoms with Crippen LogP contribution < -0.4 is 10.1 Å². The van der Waals surface area contributed by atoms with Crippen molar-refractivity contribution in [1.82, 2.24) is 10.3 Å². The number of aromatic nitrogens is 1. The summed E-state index contributed by atoms with van der Waals surface area (Å²) in [5.74, 6) is -0.935. The second-order valence-corrected chi connectivity index (χ2v) is 7.50. The lowest BCUT2D eigenvalue weighted by atomic mass is 10.1. The van der Waals surface area contributed by atoms with Gasteiger partial charge in [-0.25, -0.2) is 14.2 Å². The van der Waals surface area contributed by atoms with E-state index in [0.29, 0.717) is 10.8 Å². The summed E-state index contributed by atoms with van der Waals surface area (Å²) in [7, 11) is 0. The maximum atomic E-state index is 12.9. The van der Waals surface area contributed by atoms with Crippen LogP contribution in [0.3, 0.4) is 0 Å². The maximum absolute atomic E-state index is 12.9. The fourth-order valence-electron chi connectivity index (χ4n) is 2.58. The number of hydrogen-bond acceptors (Lipinski definition) is 6. The summed E-state index contributed by atoms with van der Waals surface area (Å²) < 4.78 is 23.7. The number of ether oxygens (including phenoxy) is 2. The van der Waals surface area contributed by atoms with Crippen molar-refractivity contribution in [2.45, 2.75) is 32.6 Å². The molecular weight excluding hydrogens is 407 g/mol. The molecule has 0 saturated heterocycles. The van der Waals surface area contributed by atoms with Crippen molar-refractivity contribution in [2.75, 3.05) is 0 Å². The van der Waals surface area contributed by atoms with Crippen LogP contribution in [0.1, 0.15) is 40.9 Å². The predicted molar refractivity (Wildman–Crippen MR) is 111 cm³/mol. The first-order chi connectivity index (χ1) is 14.4. The van der Waals surface area contributed by atoms with E-state index in [2.05, 4.69) is 10.3 Å². The van der Waals surface area contributed by atoms with Crippen LogP contribution in [0.4, 0.5) is 4.39 Å². The summed E-state index contributed by atoms with van der Waals surface area (Å²) in [6.45, 7) is 3.50. The Labute approximate surface area is 177 Å². The minimum absolute atomic E-state index is 0.105. The number of esters is 1. The molecule has 156 valence electrons. The third-order valence-corrected chi connectivity index (χ3v) is 5.07. The summed E-state index contributed by atoms with van der Waals surface area (Å²) in [5.41, 5.74) is 1.06. The summed E-state index contributed by atoms with van der Waals surface area (Å²) in [6.07, 6.45) is -0.968. The Morgan fingerprint density at radius 3 is 2.50 bits per heavy atom. The molecule has 0 aliphatic rings. The van der Waals surface area contributed by atoms with Crippen LogP contribution in [-0.4, -0.2) is 23.0 Å². The Morgan fingerprint density at radius 2 is 1.80 bits per heavy atom. The molecule has 30 heavy (non-hydrogen) atoms. The number of benzene rings is 2. The van der Waals surface area contributed by atoms with Crippen molar-refractivity contribution in [2.24, 2.45) is 0 Å². The van der Waals surface area contributed by atoms with Crippen molar-refractivity contribution in [3.63, 3.8) is 0 Å². The van der Waals surface area contributed by atoms with Crippen LogP contribution in [0.5, 0.6) is 5.75 Å². The molecule has 2 unspecified atom stereocenters. The maximum Gasteiger partial charge on any atom is 0.358 e. The molecule has 1 amide bonds. The van der Waals surface area contributed by atoms with Gasteiger partial charge < -0.3 is 14.8 Å². The molecular formula is C22H21FN2O4S. The Balaban J connectivity index is 1.50. The van der Waals surface area contributed by atoms with Gasteiger partial charge in [-0.3, -0.25) is 4.79 Å². The van der Waals surface area contributed by atoms with Crippen molar-refractivity contribution < 1.29 is 23.5 Å². The summed E-state index contributed by atoms with van der Waals surface area (Å²) in [6, 6.07) is 14.9. The van der Waals surface area contributed by atoms with E-state index >= 15 is 0 Å². The highest BCUT2D eigenvalue weighted by molar-refractivity contribution is 7.09. The second kappa shape index (κ2) is 9.98. The molecule has 2 aromatic carbocycles. The average Bonchev–Trinajstić information content (AvgIpc) is 3.23. The minimum atomic E-state index is -0.968. The van der Waals surface area contributed by atoms with Gasteiger partial charge in [-0.15, -0.1) is 11.3 Å². The van der Waals surface area contributed by atoms with E-state index in [1.807, 2.05) is 37.3 Å². The number of hydrogen-bond donors (Lipinski definition) is 1. The topological polar surface area (TPSA) is 77.5 Å². The van der Waals surface area contributed by atoms with Gasteiger partial charge in [0.05, 0.1) is 6.04 Å². The van der Waals surface area contributed by atoms with Gasteiger partial charge in [-0.05, 0) is 43.7 Å². The van der Waals surface area contributed by atoms with Crippen LogP contribution in [0, 0.1) is 5.82 Å². The molecule has 0 saturated carbocycles. The lowest BCUT2D eigenvalue weighted by molar-refractivity contribution is -0.129. The quantitative estimate of drug-likeness (QED) is 0.542. The number of rotatable bonds is 8. The average molecular weight is 428 g/mol. The smallest absolute Gasteiger partial charge is 0.358 e. The number of carbonyl (C=O) groups is 2. The molecule has 0 spiro atoms. The zero-order chi connectivity index (χ0) is 21.5. The zero-order valence-electron chi connectivity index (χ0n) is 16.5.